The van der Waals surface area contributed by atoms with E-state index >= 15 is 0 Å². The first-order chi connectivity index (χ1) is 8.82. The molecule has 1 heterocycles. The fourth-order valence-corrected chi connectivity index (χ4v) is 2.19. The molecular formula is C14H11ClF2O2. The summed E-state index contributed by atoms with van der Waals surface area (Å²) in [6.45, 7) is 5.10. The van der Waals surface area contributed by atoms with Gasteiger partial charge in [0.1, 0.15) is 11.5 Å². The lowest BCUT2D eigenvalue weighted by molar-refractivity contribution is 0.103. The van der Waals surface area contributed by atoms with E-state index in [0.717, 1.165) is 12.1 Å². The molecule has 2 nitrogen and oxygen atoms in total. The van der Waals surface area contributed by atoms with Crippen molar-refractivity contribution in [3.63, 3.8) is 0 Å². The predicted octanol–water partition coefficient (Wildman–Crippen LogP) is 4.37. The highest BCUT2D eigenvalue weighted by Crippen LogP contribution is 2.28. The maximum absolute atomic E-state index is 13.2. The maximum Gasteiger partial charge on any atom is 0.198 e. The molecule has 0 radical (unpaired) electrons. The third kappa shape index (κ3) is 2.28. The highest BCUT2D eigenvalue weighted by Gasteiger charge is 2.23. The molecule has 0 unspecified atom stereocenters. The molecule has 0 spiro atoms. The Hall–Kier alpha value is -1.68. The van der Waals surface area contributed by atoms with Crippen molar-refractivity contribution in [2.75, 3.05) is 0 Å². The zero-order chi connectivity index (χ0) is 14.3. The average Bonchev–Trinajstić information content (AvgIpc) is 2.57. The molecule has 0 N–H and O–H groups in total. The van der Waals surface area contributed by atoms with Crippen LogP contribution in [-0.4, -0.2) is 5.78 Å². The van der Waals surface area contributed by atoms with E-state index in [1.807, 2.05) is 0 Å². The Kier molecular flexibility index (Phi) is 3.45. The van der Waals surface area contributed by atoms with Crippen molar-refractivity contribution in [1.82, 2.24) is 0 Å². The van der Waals surface area contributed by atoms with Gasteiger partial charge in [-0.05, 0) is 32.9 Å². The lowest BCUT2D eigenvalue weighted by Crippen LogP contribution is -2.06. The average molecular weight is 285 g/mol. The smallest absolute Gasteiger partial charge is 0.198 e. The van der Waals surface area contributed by atoms with Crippen LogP contribution in [0.3, 0.4) is 0 Å². The Morgan fingerprint density at radius 1 is 1.11 bits per heavy atom. The van der Waals surface area contributed by atoms with Crippen molar-refractivity contribution < 1.29 is 18.0 Å². The molecule has 19 heavy (non-hydrogen) atoms. The summed E-state index contributed by atoms with van der Waals surface area (Å²) in [6, 6.07) is 1.60. The first-order valence-corrected chi connectivity index (χ1v) is 5.96. The van der Waals surface area contributed by atoms with Crippen molar-refractivity contribution >= 4 is 17.4 Å². The van der Waals surface area contributed by atoms with Crippen LogP contribution in [0.25, 0.3) is 0 Å². The van der Waals surface area contributed by atoms with Crippen molar-refractivity contribution in [3.8, 4) is 0 Å². The quantitative estimate of drug-likeness (QED) is 0.605. The second-order valence-corrected chi connectivity index (χ2v) is 4.70. The number of rotatable bonds is 2. The van der Waals surface area contributed by atoms with Crippen molar-refractivity contribution in [1.29, 1.82) is 0 Å². The van der Waals surface area contributed by atoms with Crippen LogP contribution in [0.15, 0.2) is 16.5 Å². The van der Waals surface area contributed by atoms with Crippen LogP contribution in [-0.2, 0) is 0 Å². The van der Waals surface area contributed by atoms with E-state index in [1.165, 1.54) is 0 Å². The minimum absolute atomic E-state index is 0.0763. The van der Waals surface area contributed by atoms with Gasteiger partial charge in [-0.25, -0.2) is 8.78 Å². The first-order valence-electron chi connectivity index (χ1n) is 5.58. The second-order valence-electron chi connectivity index (χ2n) is 4.29. The fourth-order valence-electron chi connectivity index (χ4n) is 1.96. The van der Waals surface area contributed by atoms with E-state index in [-0.39, 0.29) is 10.6 Å². The van der Waals surface area contributed by atoms with Gasteiger partial charge in [-0.15, -0.1) is 0 Å². The SMILES string of the molecule is Cc1oc(C)c(C(=O)c2cc(F)c(F)cc2Cl)c1C. The zero-order valence-corrected chi connectivity index (χ0v) is 11.4. The normalized spacial score (nSPS) is 10.8. The van der Waals surface area contributed by atoms with Gasteiger partial charge in [0, 0.05) is 11.1 Å². The van der Waals surface area contributed by atoms with Gasteiger partial charge in [-0.2, -0.15) is 0 Å². The summed E-state index contributed by atoms with van der Waals surface area (Å²) in [7, 11) is 0. The van der Waals surface area contributed by atoms with Crippen LogP contribution in [0.2, 0.25) is 5.02 Å². The third-order valence-corrected chi connectivity index (χ3v) is 3.36. The third-order valence-electron chi connectivity index (χ3n) is 3.04. The number of carbonyl (C=O) groups is 1. The Morgan fingerprint density at radius 2 is 1.68 bits per heavy atom. The number of ketones is 1. The van der Waals surface area contributed by atoms with Gasteiger partial charge in [0.15, 0.2) is 17.4 Å². The lowest BCUT2D eigenvalue weighted by atomic mass is 9.99. The van der Waals surface area contributed by atoms with E-state index in [0.29, 0.717) is 22.6 Å². The standard InChI is InChI=1S/C14H11ClF2O2/c1-6-7(2)19-8(3)13(6)14(18)9-4-11(16)12(17)5-10(9)15/h4-5H,1-3H3. The summed E-state index contributed by atoms with van der Waals surface area (Å²) < 4.78 is 31.6. The van der Waals surface area contributed by atoms with Crippen molar-refractivity contribution in [3.05, 3.63) is 57.0 Å². The molecule has 0 bridgehead atoms. The molecule has 0 fully saturated rings. The highest BCUT2D eigenvalue weighted by molar-refractivity contribution is 6.35. The van der Waals surface area contributed by atoms with Gasteiger partial charge >= 0.3 is 0 Å². The highest BCUT2D eigenvalue weighted by atomic mass is 35.5. The van der Waals surface area contributed by atoms with E-state index in [1.54, 1.807) is 20.8 Å². The summed E-state index contributed by atoms with van der Waals surface area (Å²) >= 11 is 5.80. The summed E-state index contributed by atoms with van der Waals surface area (Å²) in [5, 5.41) is -0.124. The molecule has 0 amide bonds. The van der Waals surface area contributed by atoms with Crippen LogP contribution in [0.1, 0.15) is 33.0 Å². The van der Waals surface area contributed by atoms with Gasteiger partial charge in [0.05, 0.1) is 10.6 Å². The molecule has 0 saturated heterocycles. The molecule has 0 aliphatic heterocycles. The van der Waals surface area contributed by atoms with E-state index in [4.69, 9.17) is 16.0 Å². The van der Waals surface area contributed by atoms with Crippen LogP contribution >= 0.6 is 11.6 Å². The number of hydrogen-bond acceptors (Lipinski definition) is 2. The minimum Gasteiger partial charge on any atom is -0.466 e. The summed E-state index contributed by atoms with van der Waals surface area (Å²) in [6.07, 6.45) is 0. The molecule has 100 valence electrons. The first kappa shape index (κ1) is 13.7. The van der Waals surface area contributed by atoms with Crippen LogP contribution in [0.5, 0.6) is 0 Å². The van der Waals surface area contributed by atoms with Gasteiger partial charge in [-0.1, -0.05) is 11.6 Å². The molecule has 0 saturated carbocycles. The Labute approximate surface area is 114 Å². The fraction of sp³-hybridized carbons (Fsp3) is 0.214. The maximum atomic E-state index is 13.2. The van der Waals surface area contributed by atoms with E-state index in [2.05, 4.69) is 0 Å². The molecule has 0 aliphatic rings. The van der Waals surface area contributed by atoms with Gasteiger partial charge in [-0.3, -0.25) is 4.79 Å². The number of furan rings is 1. The summed E-state index contributed by atoms with van der Waals surface area (Å²) in [4.78, 5) is 12.4. The molecule has 2 rings (SSSR count). The monoisotopic (exact) mass is 284 g/mol. The second kappa shape index (κ2) is 4.78. The number of aryl methyl sites for hydroxylation is 2. The topological polar surface area (TPSA) is 30.2 Å². The Morgan fingerprint density at radius 3 is 2.21 bits per heavy atom. The van der Waals surface area contributed by atoms with Crippen LogP contribution in [0.4, 0.5) is 8.78 Å². The molecule has 0 atom stereocenters. The largest absolute Gasteiger partial charge is 0.466 e. The molecule has 1 aromatic carbocycles. The van der Waals surface area contributed by atoms with Crippen molar-refractivity contribution in [2.45, 2.75) is 20.8 Å². The lowest BCUT2D eigenvalue weighted by Gasteiger charge is -2.05. The van der Waals surface area contributed by atoms with Gasteiger partial charge in [0.25, 0.3) is 0 Å². The molecular weight excluding hydrogens is 274 g/mol. The predicted molar refractivity (Wildman–Crippen MR) is 67.7 cm³/mol. The molecule has 0 aliphatic carbocycles. The number of carbonyl (C=O) groups excluding carboxylic acids is 1. The van der Waals surface area contributed by atoms with Crippen LogP contribution < -0.4 is 0 Å². The summed E-state index contributed by atoms with van der Waals surface area (Å²) in [5.41, 5.74) is 0.932. The van der Waals surface area contributed by atoms with Gasteiger partial charge < -0.3 is 4.42 Å². The zero-order valence-electron chi connectivity index (χ0n) is 10.6. The van der Waals surface area contributed by atoms with E-state index in [9.17, 15) is 13.6 Å². The number of halogens is 3. The number of benzene rings is 1. The Bertz CT molecular complexity index is 675. The van der Waals surface area contributed by atoms with Crippen molar-refractivity contribution in [2.24, 2.45) is 0 Å². The Balaban J connectivity index is 2.59. The molecule has 5 heteroatoms. The number of hydrogen-bond donors (Lipinski definition) is 0. The van der Waals surface area contributed by atoms with Crippen LogP contribution in [0, 0.1) is 32.4 Å². The molecule has 2 aromatic rings. The summed E-state index contributed by atoms with van der Waals surface area (Å²) in [5.74, 6) is -1.63. The van der Waals surface area contributed by atoms with E-state index < -0.39 is 17.4 Å². The molecule has 1 aromatic heterocycles. The van der Waals surface area contributed by atoms with Gasteiger partial charge in [0.2, 0.25) is 0 Å². The minimum atomic E-state index is -1.11.